The molecule has 1 aliphatic heterocycles. The molecule has 1 amide bonds. The van der Waals surface area contributed by atoms with Gasteiger partial charge in [-0.05, 0) is 51.0 Å². The maximum atomic E-state index is 12.6. The van der Waals surface area contributed by atoms with Crippen LogP contribution < -0.4 is 5.32 Å². The zero-order valence-electron chi connectivity index (χ0n) is 12.1. The third kappa shape index (κ3) is 3.71. The van der Waals surface area contributed by atoms with Crippen LogP contribution in [0.25, 0.3) is 0 Å². The van der Waals surface area contributed by atoms with Gasteiger partial charge in [-0.3, -0.25) is 4.79 Å². The van der Waals surface area contributed by atoms with Crippen LogP contribution in [0.2, 0.25) is 0 Å². The molecule has 0 aromatic heterocycles. The van der Waals surface area contributed by atoms with E-state index < -0.39 is 0 Å². The summed E-state index contributed by atoms with van der Waals surface area (Å²) in [5.41, 5.74) is 0. The number of amides is 1. The van der Waals surface area contributed by atoms with Gasteiger partial charge in [-0.15, -0.1) is 0 Å². The second kappa shape index (κ2) is 6.25. The summed E-state index contributed by atoms with van der Waals surface area (Å²) in [5.74, 6) is 1.25. The molecule has 1 unspecified atom stereocenters. The van der Waals surface area contributed by atoms with E-state index in [-0.39, 0.29) is 0 Å². The predicted molar refractivity (Wildman–Crippen MR) is 77.0 cm³/mol. The fourth-order valence-electron chi connectivity index (χ4n) is 3.68. The molecular weight excluding hydrogens is 236 g/mol. The van der Waals surface area contributed by atoms with Gasteiger partial charge >= 0.3 is 0 Å². The van der Waals surface area contributed by atoms with Crippen molar-refractivity contribution in [3.63, 3.8) is 0 Å². The number of nitrogens with one attached hydrogen (secondary N) is 1. The molecule has 1 N–H and O–H groups in total. The quantitative estimate of drug-likeness (QED) is 0.828. The molecule has 1 atom stereocenters. The van der Waals surface area contributed by atoms with E-state index in [0.717, 1.165) is 25.4 Å². The number of nitrogens with zero attached hydrogens (tertiary/aromatic N) is 1. The summed E-state index contributed by atoms with van der Waals surface area (Å²) in [4.78, 5) is 14.9. The first-order chi connectivity index (χ1) is 9.33. The molecule has 3 aliphatic rings. The van der Waals surface area contributed by atoms with Crippen LogP contribution in [0.4, 0.5) is 0 Å². The highest BCUT2D eigenvalue weighted by molar-refractivity contribution is 5.77. The second-order valence-electron chi connectivity index (χ2n) is 6.78. The fourth-order valence-corrected chi connectivity index (χ4v) is 3.68. The molecule has 1 heterocycles. The molecule has 0 bridgehead atoms. The van der Waals surface area contributed by atoms with Gasteiger partial charge in [0.1, 0.15) is 0 Å². The third-order valence-electron chi connectivity index (χ3n) is 5.07. The van der Waals surface area contributed by atoms with Crippen LogP contribution >= 0.6 is 0 Å². The Morgan fingerprint density at radius 2 is 1.79 bits per heavy atom. The molecule has 1 saturated heterocycles. The van der Waals surface area contributed by atoms with Crippen LogP contribution in [0.1, 0.15) is 64.2 Å². The normalized spacial score (nSPS) is 28.5. The Balaban J connectivity index is 1.57. The van der Waals surface area contributed by atoms with E-state index >= 15 is 0 Å². The van der Waals surface area contributed by atoms with Gasteiger partial charge in [0.05, 0.1) is 0 Å². The summed E-state index contributed by atoms with van der Waals surface area (Å²) >= 11 is 0. The van der Waals surface area contributed by atoms with Crippen molar-refractivity contribution in [2.75, 3.05) is 13.1 Å². The van der Waals surface area contributed by atoms with E-state index in [1.807, 2.05) is 0 Å². The van der Waals surface area contributed by atoms with E-state index in [9.17, 15) is 4.79 Å². The molecule has 3 fully saturated rings. The lowest BCUT2D eigenvalue weighted by Gasteiger charge is -2.35. The fraction of sp³-hybridized carbons (Fsp3) is 0.938. The Kier molecular flexibility index (Phi) is 4.42. The molecule has 2 aliphatic carbocycles. The molecule has 2 saturated carbocycles. The maximum absolute atomic E-state index is 12.6. The first-order valence-electron chi connectivity index (χ1n) is 8.36. The molecule has 3 nitrogen and oxygen atoms in total. The zero-order valence-corrected chi connectivity index (χ0v) is 12.1. The Hall–Kier alpha value is -0.570. The van der Waals surface area contributed by atoms with Crippen molar-refractivity contribution in [1.29, 1.82) is 0 Å². The SMILES string of the molecule is O=C(CC1CCCN1)N(CC1CC1)C1CCCCC1. The van der Waals surface area contributed by atoms with Gasteiger partial charge in [0.15, 0.2) is 0 Å². The summed E-state index contributed by atoms with van der Waals surface area (Å²) in [6, 6.07) is 1.01. The van der Waals surface area contributed by atoms with Crippen molar-refractivity contribution in [1.82, 2.24) is 10.2 Å². The number of carbonyl (C=O) groups excluding carboxylic acids is 1. The minimum Gasteiger partial charge on any atom is -0.339 e. The Morgan fingerprint density at radius 1 is 1.00 bits per heavy atom. The summed E-state index contributed by atoms with van der Waals surface area (Å²) < 4.78 is 0. The highest BCUT2D eigenvalue weighted by Crippen LogP contribution is 2.33. The lowest BCUT2D eigenvalue weighted by Crippen LogP contribution is -2.44. The minimum absolute atomic E-state index is 0.429. The van der Waals surface area contributed by atoms with E-state index in [2.05, 4.69) is 10.2 Å². The topological polar surface area (TPSA) is 32.3 Å². The van der Waals surface area contributed by atoms with Gasteiger partial charge < -0.3 is 10.2 Å². The van der Waals surface area contributed by atoms with E-state index in [1.54, 1.807) is 0 Å². The van der Waals surface area contributed by atoms with Crippen LogP contribution in [0.5, 0.6) is 0 Å². The standard InChI is InChI=1S/C16H28N2O/c19-16(11-14-5-4-10-17-14)18(12-13-8-9-13)15-6-2-1-3-7-15/h13-15,17H,1-12H2. The number of hydrogen-bond acceptors (Lipinski definition) is 2. The van der Waals surface area contributed by atoms with Crippen molar-refractivity contribution in [2.45, 2.75) is 76.3 Å². The van der Waals surface area contributed by atoms with Gasteiger partial charge in [-0.2, -0.15) is 0 Å². The van der Waals surface area contributed by atoms with Gasteiger partial charge in [-0.25, -0.2) is 0 Å². The van der Waals surface area contributed by atoms with E-state index in [0.29, 0.717) is 18.0 Å². The average molecular weight is 264 g/mol. The van der Waals surface area contributed by atoms with Crippen LogP contribution in [0.15, 0.2) is 0 Å². The average Bonchev–Trinajstić information content (AvgIpc) is 3.12. The van der Waals surface area contributed by atoms with Gasteiger partial charge in [0.2, 0.25) is 5.91 Å². The first kappa shape index (κ1) is 13.4. The Bertz CT molecular complexity index is 302. The largest absolute Gasteiger partial charge is 0.339 e. The van der Waals surface area contributed by atoms with Gasteiger partial charge in [0, 0.05) is 25.0 Å². The predicted octanol–water partition coefficient (Wildman–Crippen LogP) is 2.70. The molecular formula is C16H28N2O. The minimum atomic E-state index is 0.429. The smallest absolute Gasteiger partial charge is 0.224 e. The second-order valence-corrected chi connectivity index (χ2v) is 6.78. The highest BCUT2D eigenvalue weighted by Gasteiger charge is 2.32. The number of hydrogen-bond donors (Lipinski definition) is 1. The van der Waals surface area contributed by atoms with Gasteiger partial charge in [0.25, 0.3) is 0 Å². The summed E-state index contributed by atoms with van der Waals surface area (Å²) in [6.07, 6.45) is 12.4. The first-order valence-corrected chi connectivity index (χ1v) is 8.36. The monoisotopic (exact) mass is 264 g/mol. The summed E-state index contributed by atoms with van der Waals surface area (Å²) in [5, 5.41) is 3.47. The molecule has 19 heavy (non-hydrogen) atoms. The van der Waals surface area contributed by atoms with Crippen molar-refractivity contribution in [2.24, 2.45) is 5.92 Å². The lowest BCUT2D eigenvalue weighted by molar-refractivity contribution is -0.135. The van der Waals surface area contributed by atoms with Crippen molar-refractivity contribution in [3.8, 4) is 0 Å². The Labute approximate surface area is 117 Å². The van der Waals surface area contributed by atoms with Crippen LogP contribution in [0.3, 0.4) is 0 Å². The van der Waals surface area contributed by atoms with Gasteiger partial charge in [-0.1, -0.05) is 19.3 Å². The molecule has 0 radical (unpaired) electrons. The molecule has 0 aromatic carbocycles. The van der Waals surface area contributed by atoms with Crippen molar-refractivity contribution in [3.05, 3.63) is 0 Å². The summed E-state index contributed by atoms with van der Waals surface area (Å²) in [6.45, 7) is 2.15. The molecule has 3 rings (SSSR count). The molecule has 0 aromatic rings. The maximum Gasteiger partial charge on any atom is 0.224 e. The summed E-state index contributed by atoms with van der Waals surface area (Å²) in [7, 11) is 0. The van der Waals surface area contributed by atoms with E-state index in [1.165, 1.54) is 57.8 Å². The molecule has 108 valence electrons. The Morgan fingerprint density at radius 3 is 2.42 bits per heavy atom. The van der Waals surface area contributed by atoms with Crippen LogP contribution in [-0.4, -0.2) is 36.0 Å². The molecule has 0 spiro atoms. The number of rotatable bonds is 5. The van der Waals surface area contributed by atoms with Crippen LogP contribution in [-0.2, 0) is 4.79 Å². The third-order valence-corrected chi connectivity index (χ3v) is 5.07. The van der Waals surface area contributed by atoms with Crippen LogP contribution in [0, 0.1) is 5.92 Å². The lowest BCUT2D eigenvalue weighted by atomic mass is 9.93. The molecule has 3 heteroatoms. The zero-order chi connectivity index (χ0) is 13.1. The van der Waals surface area contributed by atoms with Crippen molar-refractivity contribution < 1.29 is 4.79 Å². The number of carbonyl (C=O) groups is 1. The highest BCUT2D eigenvalue weighted by atomic mass is 16.2. The van der Waals surface area contributed by atoms with Crippen molar-refractivity contribution >= 4 is 5.91 Å². The van der Waals surface area contributed by atoms with E-state index in [4.69, 9.17) is 0 Å².